The zero-order chi connectivity index (χ0) is 44.0. The van der Waals surface area contributed by atoms with Crippen LogP contribution in [0, 0.1) is 23.7 Å². The topological polar surface area (TPSA) is 229 Å². The number of rotatable bonds is 11. The van der Waals surface area contributed by atoms with Crippen molar-refractivity contribution in [2.75, 3.05) is 35.4 Å². The van der Waals surface area contributed by atoms with Gasteiger partial charge in [-0.25, -0.2) is 9.80 Å². The third-order valence-electron chi connectivity index (χ3n) is 11.6. The molecule has 3 fully saturated rings. The quantitative estimate of drug-likeness (QED) is 0.178. The molecule has 0 radical (unpaired) electrons. The number of hydrazine groups is 1. The molecule has 3 heterocycles. The third kappa shape index (κ3) is 10.5. The Hall–Kier alpha value is -4.20. The van der Waals surface area contributed by atoms with E-state index < -0.39 is 138 Å². The van der Waals surface area contributed by atoms with Gasteiger partial charge in [-0.1, -0.05) is 27.7 Å². The Morgan fingerprint density at radius 1 is 0.879 bits per heavy atom. The monoisotopic (exact) mass is 827 g/mol. The van der Waals surface area contributed by atoms with Gasteiger partial charge in [0.15, 0.2) is 23.8 Å². The fourth-order valence-electron chi connectivity index (χ4n) is 8.36. The number of ketones is 2. The molecule has 3 aliphatic rings. The van der Waals surface area contributed by atoms with Crippen LogP contribution in [0.5, 0.6) is 0 Å². The van der Waals surface area contributed by atoms with Gasteiger partial charge in [0.2, 0.25) is 5.91 Å². The van der Waals surface area contributed by atoms with Crippen LogP contribution in [-0.4, -0.2) is 147 Å². The van der Waals surface area contributed by atoms with Crippen LogP contribution in [-0.2, 0) is 71.5 Å². The first kappa shape index (κ1) is 48.2. The molecule has 0 unspecified atom stereocenters. The van der Waals surface area contributed by atoms with Crippen molar-refractivity contribution in [1.29, 1.82) is 0 Å². The fraction of sp³-hybridized carbons (Fsp3) is 0.795. The standard InChI is InChI=1S/C39H61N3O16/c1-14-25-39(8)33(42(37(50)58-39)40-26(43)16-27(44)51-11)21(4)30(47)19(2)18-38(7,53-13)34(22(5)31(48)23(6)35(49)55-25)57-36-32(56-29(46)17-28(45)52-12)24(41(9)10)15-20(3)54-36/h19-25,32-34,36H,14-18H2,1-13H3,(H,40,43)/t19-,20-,21-,22+,23-,24+,25+,32-,33-,34-,36+,38-,39-/m1/s1. The van der Waals surface area contributed by atoms with E-state index in [2.05, 4.69) is 14.9 Å². The van der Waals surface area contributed by atoms with Gasteiger partial charge < -0.3 is 42.8 Å². The van der Waals surface area contributed by atoms with E-state index in [0.717, 1.165) is 19.2 Å². The van der Waals surface area contributed by atoms with E-state index in [1.54, 1.807) is 55.6 Å². The first-order valence-corrected chi connectivity index (χ1v) is 19.4. The lowest BCUT2D eigenvalue weighted by atomic mass is 9.73. The Balaban J connectivity index is 2.17. The summed E-state index contributed by atoms with van der Waals surface area (Å²) in [6.07, 6.45) is -7.45. The molecule has 13 atom stereocenters. The molecule has 328 valence electrons. The van der Waals surface area contributed by atoms with Crippen molar-refractivity contribution < 1.29 is 76.3 Å². The molecule has 1 N–H and O–H groups in total. The van der Waals surface area contributed by atoms with E-state index in [-0.39, 0.29) is 12.8 Å². The maximum Gasteiger partial charge on any atom is 0.429 e. The molecule has 0 spiro atoms. The number of methoxy groups -OCH3 is 3. The van der Waals surface area contributed by atoms with Gasteiger partial charge in [-0.15, -0.1) is 0 Å². The first-order valence-electron chi connectivity index (χ1n) is 19.4. The highest BCUT2D eigenvalue weighted by atomic mass is 16.7. The number of carbonyl (C=O) groups excluding carboxylic acids is 8. The molecule has 3 aliphatic heterocycles. The van der Waals surface area contributed by atoms with E-state index in [9.17, 15) is 38.4 Å². The van der Waals surface area contributed by atoms with Gasteiger partial charge in [-0.05, 0) is 61.1 Å². The predicted octanol–water partition coefficient (Wildman–Crippen LogP) is 1.90. The van der Waals surface area contributed by atoms with Gasteiger partial charge in [-0.3, -0.25) is 39.0 Å². The van der Waals surface area contributed by atoms with E-state index in [1.165, 1.54) is 21.0 Å². The average molecular weight is 828 g/mol. The molecular formula is C39H61N3O16. The largest absolute Gasteiger partial charge is 0.469 e. The number of Topliss-reactive ketones (excluding diaryl/α,β-unsaturated/α-hetero) is 2. The highest BCUT2D eigenvalue weighted by molar-refractivity contribution is 6.00. The minimum Gasteiger partial charge on any atom is -0.469 e. The van der Waals surface area contributed by atoms with Gasteiger partial charge in [0.25, 0.3) is 0 Å². The lowest BCUT2D eigenvalue weighted by Crippen LogP contribution is -2.62. The molecule has 19 heteroatoms. The normalized spacial score (nSPS) is 36.2. The number of fused-ring (bicyclic) bond motifs is 1. The van der Waals surface area contributed by atoms with Crippen molar-refractivity contribution in [2.45, 2.75) is 141 Å². The van der Waals surface area contributed by atoms with Crippen LogP contribution in [0.25, 0.3) is 0 Å². The van der Waals surface area contributed by atoms with Crippen LogP contribution in [0.15, 0.2) is 0 Å². The molecule has 0 aromatic heterocycles. The number of esters is 4. The van der Waals surface area contributed by atoms with Crippen molar-refractivity contribution in [3.8, 4) is 0 Å². The lowest BCUT2D eigenvalue weighted by Gasteiger charge is -2.47. The van der Waals surface area contributed by atoms with Gasteiger partial charge >= 0.3 is 30.0 Å². The second-order valence-electron chi connectivity index (χ2n) is 16.1. The summed E-state index contributed by atoms with van der Waals surface area (Å²) in [5, 5.41) is 0.825. The Bertz CT molecular complexity index is 1570. The molecule has 0 bridgehead atoms. The van der Waals surface area contributed by atoms with Crippen LogP contribution in [0.3, 0.4) is 0 Å². The maximum atomic E-state index is 14.6. The van der Waals surface area contributed by atoms with Crippen molar-refractivity contribution in [2.24, 2.45) is 23.7 Å². The fourth-order valence-corrected chi connectivity index (χ4v) is 8.36. The second kappa shape index (κ2) is 19.7. The molecule has 19 nitrogen and oxygen atoms in total. The molecule has 0 saturated carbocycles. The Labute approximate surface area is 339 Å². The highest BCUT2D eigenvalue weighted by Crippen LogP contribution is 2.42. The first-order chi connectivity index (χ1) is 27.0. The molecular weight excluding hydrogens is 766 g/mol. The van der Waals surface area contributed by atoms with Gasteiger partial charge in [0, 0.05) is 24.9 Å². The number of likely N-dealkylation sites (N-methyl/N-ethyl adjacent to an activating group) is 1. The molecule has 3 rings (SSSR count). The van der Waals surface area contributed by atoms with Crippen LogP contribution in [0.1, 0.15) is 87.5 Å². The summed E-state index contributed by atoms with van der Waals surface area (Å²) in [5.74, 6) is -10.0. The third-order valence-corrected chi connectivity index (χ3v) is 11.6. The minimum atomic E-state index is -1.73. The summed E-state index contributed by atoms with van der Waals surface area (Å²) in [4.78, 5) is 108. The summed E-state index contributed by atoms with van der Waals surface area (Å²) < 4.78 is 45.9. The van der Waals surface area contributed by atoms with E-state index in [4.69, 9.17) is 28.4 Å². The van der Waals surface area contributed by atoms with Crippen molar-refractivity contribution >= 4 is 47.4 Å². The second-order valence-corrected chi connectivity index (χ2v) is 16.1. The molecule has 0 aromatic carbocycles. The average Bonchev–Trinajstić information content (AvgIpc) is 3.42. The number of hydrogen-bond donors (Lipinski definition) is 1. The summed E-state index contributed by atoms with van der Waals surface area (Å²) in [6, 6.07) is -1.75. The maximum absolute atomic E-state index is 14.6. The van der Waals surface area contributed by atoms with Gasteiger partial charge in [-0.2, -0.15) is 0 Å². The van der Waals surface area contributed by atoms with E-state index >= 15 is 0 Å². The Morgan fingerprint density at radius 3 is 2.03 bits per heavy atom. The lowest BCUT2D eigenvalue weighted by molar-refractivity contribution is -0.298. The molecule has 58 heavy (non-hydrogen) atoms. The van der Waals surface area contributed by atoms with Gasteiger partial charge in [0.1, 0.15) is 36.7 Å². The van der Waals surface area contributed by atoms with E-state index in [0.29, 0.717) is 6.42 Å². The molecule has 3 saturated heterocycles. The summed E-state index contributed by atoms with van der Waals surface area (Å²) in [6.45, 7) is 12.7. The number of cyclic esters (lactones) is 1. The van der Waals surface area contributed by atoms with Crippen molar-refractivity contribution in [3.05, 3.63) is 0 Å². The zero-order valence-corrected chi connectivity index (χ0v) is 35.8. The van der Waals surface area contributed by atoms with Crippen molar-refractivity contribution in [1.82, 2.24) is 15.3 Å². The van der Waals surface area contributed by atoms with E-state index in [1.807, 2.05) is 4.90 Å². The van der Waals surface area contributed by atoms with Crippen LogP contribution < -0.4 is 5.43 Å². The number of nitrogens with one attached hydrogen (secondary N) is 1. The summed E-state index contributed by atoms with van der Waals surface area (Å²) >= 11 is 0. The Kier molecular flexibility index (Phi) is 16.4. The van der Waals surface area contributed by atoms with Crippen molar-refractivity contribution in [3.63, 3.8) is 0 Å². The van der Waals surface area contributed by atoms with Crippen LogP contribution in [0.4, 0.5) is 4.79 Å². The van der Waals surface area contributed by atoms with Crippen LogP contribution >= 0.6 is 0 Å². The summed E-state index contributed by atoms with van der Waals surface area (Å²) in [5.41, 5.74) is -0.848. The zero-order valence-electron chi connectivity index (χ0n) is 35.8. The number of hydrogen-bond acceptors (Lipinski definition) is 17. The Morgan fingerprint density at radius 2 is 1.48 bits per heavy atom. The predicted molar refractivity (Wildman–Crippen MR) is 200 cm³/mol. The highest BCUT2D eigenvalue weighted by Gasteiger charge is 2.61. The minimum absolute atomic E-state index is 0.0662. The SMILES string of the molecule is CC[C@@H]1OC(=O)[C@H](C)C(=O)[C@H](C)[C@@H](O[C@@H]2O[C@H](C)C[C@H](N(C)C)[C@H]2OC(=O)CC(=O)OC)[C@](C)(OC)C[C@@H](C)C(=O)[C@@H](C)[C@H]2N(NC(=O)CC(=O)OC)C(=O)O[C@]12C. The van der Waals surface area contributed by atoms with Crippen LogP contribution in [0.2, 0.25) is 0 Å². The molecule has 2 amide bonds. The van der Waals surface area contributed by atoms with Gasteiger partial charge in [0.05, 0.1) is 38.1 Å². The number of amides is 2. The number of nitrogens with zero attached hydrogens (tertiary/aromatic N) is 2. The number of carbonyl (C=O) groups is 8. The molecule has 0 aromatic rings. The molecule has 0 aliphatic carbocycles. The summed E-state index contributed by atoms with van der Waals surface area (Å²) in [7, 11) is 7.16. The number of ether oxygens (including phenoxy) is 8. The smallest absolute Gasteiger partial charge is 0.429 e.